The predicted molar refractivity (Wildman–Crippen MR) is 79.1 cm³/mol. The highest BCUT2D eigenvalue weighted by atomic mass is 35.5. The van der Waals surface area contributed by atoms with Crippen molar-refractivity contribution in [3.05, 3.63) is 29.3 Å². The van der Waals surface area contributed by atoms with Crippen LogP contribution in [0.2, 0.25) is 5.02 Å². The Bertz CT molecular complexity index is 405. The van der Waals surface area contributed by atoms with Gasteiger partial charge in [0.25, 0.3) is 0 Å². The van der Waals surface area contributed by atoms with Gasteiger partial charge in [-0.2, -0.15) is 0 Å². The number of nitrogens with one attached hydrogen (secondary N) is 1. The van der Waals surface area contributed by atoms with E-state index in [9.17, 15) is 0 Å². The van der Waals surface area contributed by atoms with Crippen molar-refractivity contribution < 1.29 is 0 Å². The molecule has 0 saturated heterocycles. The van der Waals surface area contributed by atoms with Crippen LogP contribution in [-0.4, -0.2) is 12.1 Å². The molecule has 0 spiro atoms. The maximum Gasteiger partial charge on any atom is 0.0496 e. The van der Waals surface area contributed by atoms with Crippen molar-refractivity contribution in [3.63, 3.8) is 0 Å². The highest BCUT2D eigenvalue weighted by molar-refractivity contribution is 6.30. The normalized spacial score (nSPS) is 21.6. The molecule has 1 saturated carbocycles. The first kappa shape index (κ1) is 13.7. The molecule has 18 heavy (non-hydrogen) atoms. The van der Waals surface area contributed by atoms with Gasteiger partial charge in [-0.15, -0.1) is 0 Å². The monoisotopic (exact) mass is 266 g/mol. The van der Waals surface area contributed by atoms with E-state index in [1.807, 2.05) is 18.2 Å². The molecule has 0 amide bonds. The van der Waals surface area contributed by atoms with Crippen molar-refractivity contribution in [2.75, 3.05) is 11.9 Å². The van der Waals surface area contributed by atoms with Crippen molar-refractivity contribution in [3.8, 4) is 0 Å². The van der Waals surface area contributed by atoms with Crippen LogP contribution in [0.5, 0.6) is 0 Å². The van der Waals surface area contributed by atoms with Crippen LogP contribution in [0.3, 0.4) is 0 Å². The van der Waals surface area contributed by atoms with E-state index < -0.39 is 0 Å². The van der Waals surface area contributed by atoms with Gasteiger partial charge in [0.2, 0.25) is 0 Å². The fourth-order valence-electron chi connectivity index (χ4n) is 2.66. The smallest absolute Gasteiger partial charge is 0.0496 e. The Hall–Kier alpha value is -0.730. The molecule has 1 aromatic carbocycles. The molecule has 100 valence electrons. The molecule has 1 aromatic rings. The molecule has 0 atom stereocenters. The van der Waals surface area contributed by atoms with Crippen LogP contribution in [0.4, 0.5) is 5.69 Å². The summed E-state index contributed by atoms with van der Waals surface area (Å²) in [5, 5.41) is 4.38. The highest BCUT2D eigenvalue weighted by Gasteiger charge is 2.37. The van der Waals surface area contributed by atoms with E-state index in [-0.39, 0.29) is 5.54 Å². The van der Waals surface area contributed by atoms with E-state index in [1.54, 1.807) is 0 Å². The van der Waals surface area contributed by atoms with Gasteiger partial charge in [0.1, 0.15) is 0 Å². The summed E-state index contributed by atoms with van der Waals surface area (Å²) in [6.07, 6.45) is 4.70. The molecule has 1 aliphatic rings. The van der Waals surface area contributed by atoms with Crippen LogP contribution in [0.1, 0.15) is 39.5 Å². The average molecular weight is 267 g/mol. The largest absolute Gasteiger partial charge is 0.378 e. The van der Waals surface area contributed by atoms with Gasteiger partial charge in [-0.05, 0) is 49.3 Å². The number of hydrogen-bond acceptors (Lipinski definition) is 2. The summed E-state index contributed by atoms with van der Waals surface area (Å²) in [6, 6.07) is 7.90. The lowest BCUT2D eigenvalue weighted by Crippen LogP contribution is -2.49. The van der Waals surface area contributed by atoms with Gasteiger partial charge in [0, 0.05) is 22.8 Å². The van der Waals surface area contributed by atoms with Crippen molar-refractivity contribution in [2.45, 2.75) is 45.1 Å². The fraction of sp³-hybridized carbons (Fsp3) is 0.600. The predicted octanol–water partition coefficient (Wildman–Crippen LogP) is 4.05. The molecule has 2 rings (SSSR count). The second-order valence-electron chi connectivity index (χ2n) is 6.28. The summed E-state index contributed by atoms with van der Waals surface area (Å²) in [5.41, 5.74) is 7.59. The van der Waals surface area contributed by atoms with E-state index in [0.29, 0.717) is 12.0 Å². The van der Waals surface area contributed by atoms with Crippen LogP contribution in [0.15, 0.2) is 24.3 Å². The third kappa shape index (κ3) is 3.18. The Morgan fingerprint density at radius 1 is 1.22 bits per heavy atom. The zero-order chi connectivity index (χ0) is 13.2. The Balaban J connectivity index is 2.10. The minimum absolute atomic E-state index is 0.0419. The lowest BCUT2D eigenvalue weighted by Gasteiger charge is -2.44. The van der Waals surface area contributed by atoms with Crippen molar-refractivity contribution in [1.29, 1.82) is 0 Å². The SMILES string of the molecule is CC1(C)CCC(CN)(Nc2cccc(Cl)c2)CC1. The summed E-state index contributed by atoms with van der Waals surface area (Å²) in [7, 11) is 0. The first-order valence-corrected chi connectivity index (χ1v) is 7.06. The van der Waals surface area contributed by atoms with Gasteiger partial charge in [-0.1, -0.05) is 31.5 Å². The van der Waals surface area contributed by atoms with Gasteiger partial charge < -0.3 is 11.1 Å². The molecule has 2 nitrogen and oxygen atoms in total. The number of anilines is 1. The second-order valence-corrected chi connectivity index (χ2v) is 6.72. The highest BCUT2D eigenvalue weighted by Crippen LogP contribution is 2.41. The van der Waals surface area contributed by atoms with Crippen molar-refractivity contribution in [1.82, 2.24) is 0 Å². The molecule has 0 aliphatic heterocycles. The standard InChI is InChI=1S/C15H23ClN2/c1-14(2)6-8-15(11-17,9-7-14)18-13-5-3-4-12(16)10-13/h3-5,10,18H,6-9,11,17H2,1-2H3. The van der Waals surface area contributed by atoms with E-state index in [4.69, 9.17) is 17.3 Å². The van der Waals surface area contributed by atoms with E-state index >= 15 is 0 Å². The number of benzene rings is 1. The van der Waals surface area contributed by atoms with Gasteiger partial charge in [0.05, 0.1) is 0 Å². The van der Waals surface area contributed by atoms with Gasteiger partial charge in [-0.3, -0.25) is 0 Å². The topological polar surface area (TPSA) is 38.0 Å². The van der Waals surface area contributed by atoms with Crippen LogP contribution in [0, 0.1) is 5.41 Å². The Morgan fingerprint density at radius 3 is 2.44 bits per heavy atom. The molecule has 3 heteroatoms. The average Bonchev–Trinajstić information content (AvgIpc) is 2.33. The Labute approximate surface area is 115 Å². The van der Waals surface area contributed by atoms with Crippen LogP contribution in [0.25, 0.3) is 0 Å². The lowest BCUT2D eigenvalue weighted by molar-refractivity contribution is 0.182. The first-order chi connectivity index (χ1) is 8.45. The second kappa shape index (κ2) is 5.10. The number of rotatable bonds is 3. The van der Waals surface area contributed by atoms with E-state index in [2.05, 4.69) is 25.2 Å². The summed E-state index contributed by atoms with van der Waals surface area (Å²) in [4.78, 5) is 0. The number of halogens is 1. The van der Waals surface area contributed by atoms with E-state index in [0.717, 1.165) is 23.6 Å². The van der Waals surface area contributed by atoms with Crippen molar-refractivity contribution >= 4 is 17.3 Å². The zero-order valence-electron chi connectivity index (χ0n) is 11.3. The molecular formula is C15H23ClN2. The summed E-state index contributed by atoms with van der Waals surface area (Å²) in [6.45, 7) is 5.36. The first-order valence-electron chi connectivity index (χ1n) is 6.69. The third-order valence-electron chi connectivity index (χ3n) is 4.19. The zero-order valence-corrected chi connectivity index (χ0v) is 12.1. The van der Waals surface area contributed by atoms with Gasteiger partial charge in [0.15, 0.2) is 0 Å². The Morgan fingerprint density at radius 2 is 1.89 bits per heavy atom. The minimum atomic E-state index is 0.0419. The minimum Gasteiger partial charge on any atom is -0.378 e. The molecule has 1 aliphatic carbocycles. The molecular weight excluding hydrogens is 244 g/mol. The molecule has 0 radical (unpaired) electrons. The maximum atomic E-state index is 6.03. The summed E-state index contributed by atoms with van der Waals surface area (Å²) in [5.74, 6) is 0. The van der Waals surface area contributed by atoms with E-state index in [1.165, 1.54) is 12.8 Å². The molecule has 0 heterocycles. The molecule has 1 fully saturated rings. The van der Waals surface area contributed by atoms with Crippen molar-refractivity contribution in [2.24, 2.45) is 11.1 Å². The number of hydrogen-bond donors (Lipinski definition) is 2. The van der Waals surface area contributed by atoms with Crippen LogP contribution >= 0.6 is 11.6 Å². The summed E-state index contributed by atoms with van der Waals surface area (Å²) < 4.78 is 0. The summed E-state index contributed by atoms with van der Waals surface area (Å²) >= 11 is 6.03. The maximum absolute atomic E-state index is 6.03. The van der Waals surface area contributed by atoms with Crippen LogP contribution < -0.4 is 11.1 Å². The molecule has 3 N–H and O–H groups in total. The molecule has 0 unspecified atom stereocenters. The lowest BCUT2D eigenvalue weighted by atomic mass is 9.69. The third-order valence-corrected chi connectivity index (χ3v) is 4.42. The Kier molecular flexibility index (Phi) is 3.88. The quantitative estimate of drug-likeness (QED) is 0.866. The number of nitrogens with two attached hydrogens (primary N) is 1. The molecule has 0 aromatic heterocycles. The molecule has 0 bridgehead atoms. The van der Waals surface area contributed by atoms with Gasteiger partial charge >= 0.3 is 0 Å². The fourth-order valence-corrected chi connectivity index (χ4v) is 2.85. The van der Waals surface area contributed by atoms with Gasteiger partial charge in [-0.25, -0.2) is 0 Å². The van der Waals surface area contributed by atoms with Crippen LogP contribution in [-0.2, 0) is 0 Å².